The average molecular weight is 536 g/mol. The maximum atomic E-state index is 12.5. The van der Waals surface area contributed by atoms with Crippen molar-refractivity contribution >= 4 is 11.7 Å². The molecule has 0 aromatic carbocycles. The lowest BCUT2D eigenvalue weighted by Gasteiger charge is -2.33. The Morgan fingerprint density at radius 1 is 0.868 bits per heavy atom. The number of rotatable bonds is 21. The Balaban J connectivity index is 1.38. The van der Waals surface area contributed by atoms with Gasteiger partial charge in [0.05, 0.1) is 18.7 Å². The summed E-state index contributed by atoms with van der Waals surface area (Å²) in [7, 11) is 2.11. The van der Waals surface area contributed by atoms with Gasteiger partial charge in [-0.15, -0.1) is 10.1 Å². The fourth-order valence-electron chi connectivity index (χ4n) is 4.84. The topological polar surface area (TPSA) is 116 Å². The van der Waals surface area contributed by atoms with Crippen LogP contribution in [-0.2, 0) is 4.84 Å². The lowest BCUT2D eigenvalue weighted by atomic mass is 10.0. The Hall–Kier alpha value is -2.30. The fraction of sp³-hybridized carbons (Fsp3) is 0.786. The Labute approximate surface area is 228 Å². The number of hydrogen-bond acceptors (Lipinski definition) is 8. The molecule has 0 radical (unpaired) electrons. The van der Waals surface area contributed by atoms with Gasteiger partial charge in [-0.25, -0.2) is 9.78 Å². The van der Waals surface area contributed by atoms with Gasteiger partial charge in [0.1, 0.15) is 5.82 Å². The first-order valence-corrected chi connectivity index (χ1v) is 14.7. The number of amides is 1. The Morgan fingerprint density at radius 2 is 1.37 bits per heavy atom. The van der Waals surface area contributed by atoms with Gasteiger partial charge in [-0.3, -0.25) is 0 Å². The number of nitrogens with one attached hydrogen (secondary N) is 1. The SMILES string of the molecule is CN1CCN(c2ccc(C(=O)[NH+]([O-])CCCCCCCCCCCCCCCCCO[N+](=O)[O-])cn2)CC1. The highest BCUT2D eigenvalue weighted by molar-refractivity contribution is 5.87. The van der Waals surface area contributed by atoms with Crippen LogP contribution in [0.5, 0.6) is 0 Å². The standard InChI is InChI=1S/C28H49N5O5/c1-30-20-22-31(23-21-30)27-18-17-26(25-29-27)28(34)32(35)19-15-13-11-9-7-5-3-2-4-6-8-10-12-14-16-24-38-33(36)37/h17-18,25,32H,2-16,19-24H2,1H3. The molecule has 1 aliphatic rings. The number of hydroxylamine groups is 2. The van der Waals surface area contributed by atoms with Crippen LogP contribution in [0.15, 0.2) is 18.3 Å². The van der Waals surface area contributed by atoms with E-state index in [0.717, 1.165) is 70.5 Å². The number of piperazine rings is 1. The van der Waals surface area contributed by atoms with Gasteiger partial charge in [-0.2, -0.15) is 0 Å². The largest absolute Gasteiger partial charge is 0.626 e. The quantitative estimate of drug-likeness (QED) is 0.140. The molecule has 1 amide bonds. The third-order valence-electron chi connectivity index (χ3n) is 7.34. The van der Waals surface area contributed by atoms with Gasteiger partial charge in [0.15, 0.2) is 0 Å². The summed E-state index contributed by atoms with van der Waals surface area (Å²) in [5.41, 5.74) is 0.396. The molecule has 1 saturated heterocycles. The van der Waals surface area contributed by atoms with Gasteiger partial charge >= 0.3 is 5.91 Å². The second-order valence-corrected chi connectivity index (χ2v) is 10.6. The molecule has 1 aliphatic heterocycles. The molecule has 1 fully saturated rings. The van der Waals surface area contributed by atoms with Crippen LogP contribution in [0, 0.1) is 15.3 Å². The van der Waals surface area contributed by atoms with Crippen molar-refractivity contribution in [3.8, 4) is 0 Å². The van der Waals surface area contributed by atoms with Crippen LogP contribution in [0.25, 0.3) is 0 Å². The number of aromatic nitrogens is 1. The predicted octanol–water partition coefficient (Wildman–Crippen LogP) is 4.42. The molecule has 1 unspecified atom stereocenters. The van der Waals surface area contributed by atoms with E-state index in [0.29, 0.717) is 12.1 Å². The lowest BCUT2D eigenvalue weighted by Crippen LogP contribution is -3.10. The molecule has 1 aromatic rings. The zero-order valence-corrected chi connectivity index (χ0v) is 23.4. The Kier molecular flexibility index (Phi) is 16.6. The van der Waals surface area contributed by atoms with Crippen molar-refractivity contribution in [2.45, 2.75) is 96.3 Å². The van der Waals surface area contributed by atoms with Crippen molar-refractivity contribution in [1.82, 2.24) is 9.88 Å². The van der Waals surface area contributed by atoms with Gasteiger partial charge in [0, 0.05) is 32.4 Å². The fourth-order valence-corrected chi connectivity index (χ4v) is 4.84. The minimum atomic E-state index is -0.721. The normalized spacial score (nSPS) is 14.9. The lowest BCUT2D eigenvalue weighted by molar-refractivity contribution is -0.757. The highest BCUT2D eigenvalue weighted by atomic mass is 16.9. The number of likely N-dealkylation sites (N-methyl/N-ethyl adjacent to an activating group) is 1. The molecule has 38 heavy (non-hydrogen) atoms. The minimum Gasteiger partial charge on any atom is -0.626 e. The number of carbonyl (C=O) groups is 1. The van der Waals surface area contributed by atoms with Crippen LogP contribution in [0.3, 0.4) is 0 Å². The number of anilines is 1. The van der Waals surface area contributed by atoms with Crippen LogP contribution < -0.4 is 9.96 Å². The van der Waals surface area contributed by atoms with E-state index in [2.05, 4.69) is 26.7 Å². The van der Waals surface area contributed by atoms with Crippen LogP contribution in [0.2, 0.25) is 0 Å². The summed E-state index contributed by atoms with van der Waals surface area (Å²) in [4.78, 5) is 35.7. The minimum absolute atomic E-state index is 0.218. The smallest absolute Gasteiger partial charge is 0.345 e. The zero-order chi connectivity index (χ0) is 27.4. The molecular weight excluding hydrogens is 486 g/mol. The first-order valence-electron chi connectivity index (χ1n) is 14.7. The van der Waals surface area contributed by atoms with Crippen molar-refractivity contribution in [3.05, 3.63) is 39.2 Å². The van der Waals surface area contributed by atoms with Crippen LogP contribution >= 0.6 is 0 Å². The number of unbranched alkanes of at least 4 members (excludes halogenated alkanes) is 14. The van der Waals surface area contributed by atoms with E-state index in [1.165, 1.54) is 57.8 Å². The number of nitrogens with zero attached hydrogens (tertiary/aromatic N) is 4. The van der Waals surface area contributed by atoms with Crippen molar-refractivity contribution in [1.29, 1.82) is 0 Å². The van der Waals surface area contributed by atoms with E-state index >= 15 is 0 Å². The Bertz CT molecular complexity index is 771. The van der Waals surface area contributed by atoms with Gasteiger partial charge in [-0.05, 0) is 38.4 Å². The van der Waals surface area contributed by atoms with Crippen molar-refractivity contribution in [2.24, 2.45) is 0 Å². The first kappa shape index (κ1) is 31.9. The summed E-state index contributed by atoms with van der Waals surface area (Å²) in [6.45, 7) is 4.38. The van der Waals surface area contributed by atoms with Crippen LogP contribution in [0.1, 0.15) is 107 Å². The molecule has 10 nitrogen and oxygen atoms in total. The van der Waals surface area contributed by atoms with Crippen molar-refractivity contribution in [3.63, 3.8) is 0 Å². The summed E-state index contributed by atoms with van der Waals surface area (Å²) in [5.74, 6) is 0.458. The molecule has 0 spiro atoms. The highest BCUT2D eigenvalue weighted by Gasteiger charge is 2.18. The molecule has 0 saturated carbocycles. The van der Waals surface area contributed by atoms with Gasteiger partial charge in [0.2, 0.25) is 0 Å². The van der Waals surface area contributed by atoms with E-state index in [1.807, 2.05) is 6.07 Å². The number of pyridine rings is 1. The summed E-state index contributed by atoms with van der Waals surface area (Å²) < 4.78 is 0. The monoisotopic (exact) mass is 535 g/mol. The molecule has 0 bridgehead atoms. The maximum Gasteiger partial charge on any atom is 0.345 e. The molecule has 2 rings (SSSR count). The molecule has 1 aromatic heterocycles. The number of carbonyl (C=O) groups excluding carboxylic acids is 1. The van der Waals surface area contributed by atoms with Gasteiger partial charge in [0.25, 0.3) is 5.09 Å². The van der Waals surface area contributed by atoms with Gasteiger partial charge < -0.3 is 24.9 Å². The maximum absolute atomic E-state index is 12.5. The molecule has 2 heterocycles. The predicted molar refractivity (Wildman–Crippen MR) is 150 cm³/mol. The van der Waals surface area contributed by atoms with E-state index < -0.39 is 11.0 Å². The second kappa shape index (κ2) is 19.7. The van der Waals surface area contributed by atoms with Crippen LogP contribution in [0.4, 0.5) is 5.82 Å². The zero-order valence-electron chi connectivity index (χ0n) is 23.4. The number of hydrogen-bond donors (Lipinski definition) is 1. The molecule has 1 atom stereocenters. The molecule has 216 valence electrons. The van der Waals surface area contributed by atoms with E-state index in [-0.39, 0.29) is 11.7 Å². The molecule has 10 heteroatoms. The highest BCUT2D eigenvalue weighted by Crippen LogP contribution is 2.14. The Morgan fingerprint density at radius 3 is 1.84 bits per heavy atom. The average Bonchev–Trinajstić information content (AvgIpc) is 2.92. The third-order valence-corrected chi connectivity index (χ3v) is 7.34. The van der Waals surface area contributed by atoms with E-state index in [1.54, 1.807) is 12.3 Å². The summed E-state index contributed by atoms with van der Waals surface area (Å²) >= 11 is 0. The molecule has 0 aliphatic carbocycles. The first-order chi connectivity index (χ1) is 18.5. The summed E-state index contributed by atoms with van der Waals surface area (Å²) in [5, 5.41) is 21.4. The van der Waals surface area contributed by atoms with Gasteiger partial charge in [-0.1, -0.05) is 77.0 Å². The number of quaternary nitrogens is 1. The van der Waals surface area contributed by atoms with E-state index in [9.17, 15) is 20.1 Å². The summed E-state index contributed by atoms with van der Waals surface area (Å²) in [6, 6.07) is 3.59. The second-order valence-electron chi connectivity index (χ2n) is 10.6. The van der Waals surface area contributed by atoms with Crippen molar-refractivity contribution < 1.29 is 19.8 Å². The molecular formula is C28H49N5O5. The molecule has 1 N–H and O–H groups in total. The van der Waals surface area contributed by atoms with E-state index in [4.69, 9.17) is 0 Å². The third kappa shape index (κ3) is 14.0. The van der Waals surface area contributed by atoms with Crippen molar-refractivity contribution in [2.75, 3.05) is 51.3 Å². The summed E-state index contributed by atoms with van der Waals surface area (Å²) in [6.07, 6.45) is 18.6. The van der Waals surface area contributed by atoms with Crippen LogP contribution in [-0.4, -0.2) is 67.3 Å².